The number of aliphatic hydroxyl groups is 1. The molecule has 3 heterocycles. The number of β-amino-alcohol motifs (C(OH)–C–C–N with tert-alkyl or cyclic N) is 1. The lowest BCUT2D eigenvalue weighted by Crippen LogP contribution is -2.42. The molecule has 1 aromatic heterocycles. The van der Waals surface area contributed by atoms with E-state index in [9.17, 15) is 5.11 Å². The van der Waals surface area contributed by atoms with Crippen LogP contribution in [0.1, 0.15) is 12.8 Å². The van der Waals surface area contributed by atoms with Gasteiger partial charge in [-0.3, -0.25) is 4.90 Å². The van der Waals surface area contributed by atoms with E-state index in [1.54, 1.807) is 6.20 Å². The Labute approximate surface area is 164 Å². The summed E-state index contributed by atoms with van der Waals surface area (Å²) in [4.78, 5) is 10.6. The Morgan fingerprint density at radius 3 is 2.75 bits per heavy atom. The van der Waals surface area contributed by atoms with Crippen molar-refractivity contribution in [1.82, 2.24) is 14.9 Å². The second-order valence-electron chi connectivity index (χ2n) is 7.18. The normalized spacial score (nSPS) is 20.2. The molecule has 8 nitrogen and oxygen atoms in total. The first-order valence-corrected chi connectivity index (χ1v) is 9.87. The first-order valence-electron chi connectivity index (χ1n) is 9.87. The summed E-state index contributed by atoms with van der Waals surface area (Å²) in [6.45, 7) is 5.32. The minimum atomic E-state index is -0.570. The highest BCUT2D eigenvalue weighted by atomic mass is 16.5. The molecule has 28 heavy (non-hydrogen) atoms. The van der Waals surface area contributed by atoms with Gasteiger partial charge in [0.15, 0.2) is 0 Å². The Morgan fingerprint density at radius 1 is 1.14 bits per heavy atom. The summed E-state index contributed by atoms with van der Waals surface area (Å²) >= 11 is 0. The van der Waals surface area contributed by atoms with Gasteiger partial charge in [0.1, 0.15) is 36.6 Å². The first-order chi connectivity index (χ1) is 13.8. The maximum absolute atomic E-state index is 10.3. The van der Waals surface area contributed by atoms with Crippen molar-refractivity contribution in [2.24, 2.45) is 0 Å². The number of rotatable bonds is 7. The molecule has 0 aliphatic carbocycles. The maximum Gasteiger partial charge on any atom is 0.134 e. The number of hydrogen-bond donors (Lipinski definition) is 1. The average Bonchev–Trinajstić information content (AvgIpc) is 2.74. The van der Waals surface area contributed by atoms with Crippen LogP contribution in [0.5, 0.6) is 11.5 Å². The summed E-state index contributed by atoms with van der Waals surface area (Å²) in [5, 5.41) is 11.2. The molecule has 2 aromatic rings. The summed E-state index contributed by atoms with van der Waals surface area (Å²) < 4.78 is 22.8. The lowest BCUT2D eigenvalue weighted by atomic mass is 10.1. The van der Waals surface area contributed by atoms with Crippen molar-refractivity contribution >= 4 is 10.9 Å². The Kier molecular flexibility index (Phi) is 6.53. The second kappa shape index (κ2) is 9.47. The number of ether oxygens (including phenoxy) is 4. The molecule has 0 bridgehead atoms. The zero-order valence-corrected chi connectivity index (χ0v) is 16.0. The van der Waals surface area contributed by atoms with Gasteiger partial charge in [0.05, 0.1) is 37.3 Å². The van der Waals surface area contributed by atoms with Crippen LogP contribution < -0.4 is 9.47 Å². The van der Waals surface area contributed by atoms with Gasteiger partial charge in [0, 0.05) is 50.8 Å². The molecule has 4 rings (SSSR count). The van der Waals surface area contributed by atoms with Crippen LogP contribution in [0, 0.1) is 0 Å². The van der Waals surface area contributed by atoms with Gasteiger partial charge in [-0.1, -0.05) is 0 Å². The summed E-state index contributed by atoms with van der Waals surface area (Å²) in [7, 11) is 0. The van der Waals surface area contributed by atoms with Gasteiger partial charge in [-0.15, -0.1) is 0 Å². The molecule has 2 aliphatic heterocycles. The third-order valence-electron chi connectivity index (χ3n) is 5.04. The van der Waals surface area contributed by atoms with E-state index in [1.165, 1.54) is 6.33 Å². The Bertz CT molecular complexity index is 763. The van der Waals surface area contributed by atoms with Gasteiger partial charge in [-0.2, -0.15) is 0 Å². The van der Waals surface area contributed by atoms with E-state index >= 15 is 0 Å². The zero-order valence-electron chi connectivity index (χ0n) is 16.0. The molecule has 2 saturated heterocycles. The van der Waals surface area contributed by atoms with Gasteiger partial charge in [-0.25, -0.2) is 9.97 Å². The maximum atomic E-state index is 10.3. The van der Waals surface area contributed by atoms with Crippen molar-refractivity contribution < 1.29 is 24.1 Å². The molecule has 152 valence electrons. The third kappa shape index (κ3) is 5.08. The van der Waals surface area contributed by atoms with Crippen molar-refractivity contribution in [3.63, 3.8) is 0 Å². The molecule has 1 unspecified atom stereocenters. The van der Waals surface area contributed by atoms with E-state index in [-0.39, 0.29) is 12.7 Å². The van der Waals surface area contributed by atoms with Crippen molar-refractivity contribution in [3.8, 4) is 11.5 Å². The molecule has 2 fully saturated rings. The van der Waals surface area contributed by atoms with Gasteiger partial charge >= 0.3 is 0 Å². The number of hydrogen-bond acceptors (Lipinski definition) is 8. The molecule has 1 atom stereocenters. The molecule has 2 aliphatic rings. The topological polar surface area (TPSA) is 86.2 Å². The largest absolute Gasteiger partial charge is 0.491 e. The minimum Gasteiger partial charge on any atom is -0.491 e. The Hall–Kier alpha value is -2.00. The highest BCUT2D eigenvalue weighted by Crippen LogP contribution is 2.31. The third-order valence-corrected chi connectivity index (χ3v) is 5.04. The Balaban J connectivity index is 1.42. The highest BCUT2D eigenvalue weighted by molar-refractivity contribution is 5.85. The molecule has 1 aromatic carbocycles. The summed E-state index contributed by atoms with van der Waals surface area (Å²) in [5.41, 5.74) is 0.761. The fraction of sp³-hybridized carbons (Fsp3) is 0.600. The first kappa shape index (κ1) is 19.3. The van der Waals surface area contributed by atoms with E-state index in [0.717, 1.165) is 36.8 Å². The van der Waals surface area contributed by atoms with Crippen molar-refractivity contribution in [2.45, 2.75) is 25.0 Å². The van der Waals surface area contributed by atoms with Crippen LogP contribution in [0.2, 0.25) is 0 Å². The molecule has 1 N–H and O–H groups in total. The molecule has 0 amide bonds. The molecule has 8 heteroatoms. The lowest BCUT2D eigenvalue weighted by molar-refractivity contribution is 0.00455. The average molecular weight is 389 g/mol. The summed E-state index contributed by atoms with van der Waals surface area (Å²) in [6.07, 6.45) is 4.53. The van der Waals surface area contributed by atoms with E-state index in [2.05, 4.69) is 14.9 Å². The second-order valence-corrected chi connectivity index (χ2v) is 7.18. The standard InChI is InChI=1S/C20H27N3O5/c24-15(12-23-3-7-26-8-4-23)13-27-17-9-19-18(11-21-14-22-19)20(10-17)28-16-1-5-25-6-2-16/h9-11,14-16,24H,1-8,12-13H2. The number of nitrogens with zero attached hydrogens (tertiary/aromatic N) is 3. The number of aliphatic hydroxyl groups excluding tert-OH is 1. The van der Waals surface area contributed by atoms with Gasteiger partial charge in [0.2, 0.25) is 0 Å². The zero-order chi connectivity index (χ0) is 19.2. The van der Waals surface area contributed by atoms with E-state index < -0.39 is 6.10 Å². The monoisotopic (exact) mass is 389 g/mol. The lowest BCUT2D eigenvalue weighted by Gasteiger charge is -2.28. The van der Waals surface area contributed by atoms with Gasteiger partial charge < -0.3 is 24.1 Å². The quantitative estimate of drug-likeness (QED) is 0.758. The van der Waals surface area contributed by atoms with Crippen LogP contribution >= 0.6 is 0 Å². The summed E-state index contributed by atoms with van der Waals surface area (Å²) in [5.74, 6) is 1.34. The molecular formula is C20H27N3O5. The highest BCUT2D eigenvalue weighted by Gasteiger charge is 2.19. The van der Waals surface area contributed by atoms with Crippen molar-refractivity contribution in [3.05, 3.63) is 24.7 Å². The SMILES string of the molecule is OC(COc1cc(OC2CCOCC2)c2cncnc2c1)CN1CCOCC1. The Morgan fingerprint density at radius 2 is 1.93 bits per heavy atom. The van der Waals surface area contributed by atoms with Crippen LogP contribution in [-0.2, 0) is 9.47 Å². The number of benzene rings is 1. The number of fused-ring (bicyclic) bond motifs is 1. The minimum absolute atomic E-state index is 0.110. The predicted molar refractivity (Wildman–Crippen MR) is 103 cm³/mol. The number of morpholine rings is 1. The van der Waals surface area contributed by atoms with Crippen LogP contribution in [-0.4, -0.2) is 84.9 Å². The van der Waals surface area contributed by atoms with E-state index in [4.69, 9.17) is 18.9 Å². The van der Waals surface area contributed by atoms with Crippen LogP contribution in [0.3, 0.4) is 0 Å². The smallest absolute Gasteiger partial charge is 0.134 e. The molecule has 0 saturated carbocycles. The van der Waals surface area contributed by atoms with Gasteiger partial charge in [0.25, 0.3) is 0 Å². The number of aromatic nitrogens is 2. The van der Waals surface area contributed by atoms with Crippen LogP contribution in [0.15, 0.2) is 24.7 Å². The van der Waals surface area contributed by atoms with Crippen LogP contribution in [0.25, 0.3) is 10.9 Å². The fourth-order valence-corrected chi connectivity index (χ4v) is 3.51. The fourth-order valence-electron chi connectivity index (χ4n) is 3.51. The van der Waals surface area contributed by atoms with Crippen molar-refractivity contribution in [1.29, 1.82) is 0 Å². The van der Waals surface area contributed by atoms with Gasteiger partial charge in [-0.05, 0) is 0 Å². The van der Waals surface area contributed by atoms with E-state index in [1.807, 2.05) is 12.1 Å². The molecular weight excluding hydrogens is 362 g/mol. The van der Waals surface area contributed by atoms with Crippen molar-refractivity contribution in [2.75, 3.05) is 52.7 Å². The molecule has 0 spiro atoms. The predicted octanol–water partition coefficient (Wildman–Crippen LogP) is 1.26. The van der Waals surface area contributed by atoms with E-state index in [0.29, 0.717) is 44.5 Å². The molecule has 0 radical (unpaired) electrons. The summed E-state index contributed by atoms with van der Waals surface area (Å²) in [6, 6.07) is 3.72. The van der Waals surface area contributed by atoms with Crippen LogP contribution in [0.4, 0.5) is 0 Å².